The van der Waals surface area contributed by atoms with Crippen molar-refractivity contribution in [3.8, 4) is 11.3 Å². The number of hydrogen-bond acceptors (Lipinski definition) is 2. The Morgan fingerprint density at radius 3 is 2.26 bits per heavy atom. The summed E-state index contributed by atoms with van der Waals surface area (Å²) in [4.78, 5) is 4.77. The van der Waals surface area contributed by atoms with Gasteiger partial charge in [-0.2, -0.15) is 0 Å². The van der Waals surface area contributed by atoms with Gasteiger partial charge in [-0.3, -0.25) is 0 Å². The largest absolute Gasteiger partial charge is 0.383 e. The van der Waals surface area contributed by atoms with E-state index < -0.39 is 0 Å². The molecule has 3 nitrogen and oxygen atoms in total. The minimum atomic E-state index is 0.307. The summed E-state index contributed by atoms with van der Waals surface area (Å²) in [7, 11) is 0. The van der Waals surface area contributed by atoms with Crippen molar-refractivity contribution in [1.29, 1.82) is 0 Å². The van der Waals surface area contributed by atoms with E-state index in [9.17, 15) is 0 Å². The summed E-state index contributed by atoms with van der Waals surface area (Å²) < 4.78 is 3.14. The van der Waals surface area contributed by atoms with Gasteiger partial charge < -0.3 is 10.3 Å². The van der Waals surface area contributed by atoms with Crippen molar-refractivity contribution in [3.05, 3.63) is 34.6 Å². The number of nitrogens with zero attached hydrogens (tertiary/aromatic N) is 2. The van der Waals surface area contributed by atoms with Crippen molar-refractivity contribution in [2.75, 3.05) is 5.73 Å². The smallest absolute Gasteiger partial charge is 0.132 e. The van der Waals surface area contributed by atoms with Crippen molar-refractivity contribution in [2.24, 2.45) is 0 Å². The van der Waals surface area contributed by atoms with Crippen molar-refractivity contribution in [2.45, 2.75) is 39.7 Å². The standard InChI is InChI=1S/C15H20BrN3/c1-9(2)15-18-13(14(17)19(15)10(3)4)11-7-5-6-8-12(11)16/h5-10H,17H2,1-4H3. The van der Waals surface area contributed by atoms with Crippen LogP contribution in [-0.4, -0.2) is 9.55 Å². The maximum atomic E-state index is 6.32. The Labute approximate surface area is 123 Å². The molecule has 2 rings (SSSR count). The van der Waals surface area contributed by atoms with Crippen LogP contribution in [0.5, 0.6) is 0 Å². The average molecular weight is 322 g/mol. The molecule has 2 aromatic rings. The molecular weight excluding hydrogens is 302 g/mol. The van der Waals surface area contributed by atoms with E-state index in [-0.39, 0.29) is 0 Å². The second kappa shape index (κ2) is 5.37. The van der Waals surface area contributed by atoms with E-state index in [1.807, 2.05) is 24.3 Å². The van der Waals surface area contributed by atoms with Crippen LogP contribution in [0.25, 0.3) is 11.3 Å². The Balaban J connectivity index is 2.67. The maximum absolute atomic E-state index is 6.32. The van der Waals surface area contributed by atoms with Gasteiger partial charge in [0.15, 0.2) is 0 Å². The van der Waals surface area contributed by atoms with Crippen LogP contribution in [0.2, 0.25) is 0 Å². The van der Waals surface area contributed by atoms with Gasteiger partial charge >= 0.3 is 0 Å². The fourth-order valence-corrected chi connectivity index (χ4v) is 2.74. The predicted molar refractivity (Wildman–Crippen MR) is 84.2 cm³/mol. The summed E-state index contributed by atoms with van der Waals surface area (Å²) in [5.74, 6) is 2.13. The first-order chi connectivity index (χ1) is 8.93. The number of nitrogens with two attached hydrogens (primary N) is 1. The van der Waals surface area contributed by atoms with E-state index in [0.29, 0.717) is 12.0 Å². The molecule has 0 bridgehead atoms. The summed E-state index contributed by atoms with van der Waals surface area (Å²) in [5, 5.41) is 0. The third-order valence-corrected chi connectivity index (χ3v) is 3.83. The molecule has 0 saturated carbocycles. The number of anilines is 1. The van der Waals surface area contributed by atoms with Gasteiger partial charge in [-0.05, 0) is 19.9 Å². The van der Waals surface area contributed by atoms with Crippen LogP contribution in [0.15, 0.2) is 28.7 Å². The number of hydrogen-bond donors (Lipinski definition) is 1. The molecule has 0 saturated heterocycles. The number of imidazole rings is 1. The second-order valence-electron chi connectivity index (χ2n) is 5.30. The minimum absolute atomic E-state index is 0.307. The Bertz CT molecular complexity index is 585. The highest BCUT2D eigenvalue weighted by atomic mass is 79.9. The van der Waals surface area contributed by atoms with Crippen LogP contribution in [0, 0.1) is 0 Å². The average Bonchev–Trinajstić information content (AvgIpc) is 2.68. The van der Waals surface area contributed by atoms with Crippen LogP contribution in [0.1, 0.15) is 45.5 Å². The third-order valence-electron chi connectivity index (χ3n) is 3.14. The van der Waals surface area contributed by atoms with E-state index in [1.165, 1.54) is 0 Å². The molecule has 0 aliphatic rings. The number of nitrogen functional groups attached to an aromatic ring is 1. The quantitative estimate of drug-likeness (QED) is 0.897. The van der Waals surface area contributed by atoms with Gasteiger partial charge in [0.05, 0.1) is 0 Å². The fraction of sp³-hybridized carbons (Fsp3) is 0.400. The van der Waals surface area contributed by atoms with Gasteiger partial charge in [-0.25, -0.2) is 4.98 Å². The van der Waals surface area contributed by atoms with E-state index in [2.05, 4.69) is 48.2 Å². The molecule has 1 aromatic carbocycles. The molecule has 2 N–H and O–H groups in total. The molecular formula is C15H20BrN3. The first-order valence-electron chi connectivity index (χ1n) is 6.56. The lowest BCUT2D eigenvalue weighted by atomic mass is 10.1. The summed E-state index contributed by atoms with van der Waals surface area (Å²) in [6.07, 6.45) is 0. The first kappa shape index (κ1) is 14.1. The molecule has 4 heteroatoms. The Hall–Kier alpha value is -1.29. The van der Waals surface area contributed by atoms with Gasteiger partial charge in [-0.1, -0.05) is 48.0 Å². The molecule has 1 heterocycles. The van der Waals surface area contributed by atoms with Crippen molar-refractivity contribution in [3.63, 3.8) is 0 Å². The normalized spacial score (nSPS) is 11.5. The van der Waals surface area contributed by atoms with Gasteiger partial charge in [0.25, 0.3) is 0 Å². The molecule has 0 unspecified atom stereocenters. The zero-order valence-electron chi connectivity index (χ0n) is 11.8. The van der Waals surface area contributed by atoms with Crippen LogP contribution in [0.3, 0.4) is 0 Å². The van der Waals surface area contributed by atoms with Crippen LogP contribution in [-0.2, 0) is 0 Å². The Morgan fingerprint density at radius 2 is 1.79 bits per heavy atom. The van der Waals surface area contributed by atoms with E-state index in [1.54, 1.807) is 0 Å². The fourth-order valence-electron chi connectivity index (χ4n) is 2.26. The molecule has 0 radical (unpaired) electrons. The first-order valence-corrected chi connectivity index (χ1v) is 7.35. The van der Waals surface area contributed by atoms with Crippen molar-refractivity contribution in [1.82, 2.24) is 9.55 Å². The number of aromatic nitrogens is 2. The molecule has 0 fully saturated rings. The lowest BCUT2D eigenvalue weighted by molar-refractivity contribution is 0.556. The van der Waals surface area contributed by atoms with Gasteiger partial charge in [-0.15, -0.1) is 0 Å². The molecule has 1 aromatic heterocycles. The van der Waals surface area contributed by atoms with Crippen LogP contribution in [0.4, 0.5) is 5.82 Å². The predicted octanol–water partition coefficient (Wildman–Crippen LogP) is 4.60. The highest BCUT2D eigenvalue weighted by molar-refractivity contribution is 9.10. The molecule has 0 atom stereocenters. The van der Waals surface area contributed by atoms with Crippen molar-refractivity contribution >= 4 is 21.7 Å². The molecule has 19 heavy (non-hydrogen) atoms. The SMILES string of the molecule is CC(C)c1nc(-c2ccccc2Br)c(N)n1C(C)C. The summed E-state index contributed by atoms with van der Waals surface area (Å²) >= 11 is 3.57. The van der Waals surface area contributed by atoms with Gasteiger partial charge in [0, 0.05) is 22.0 Å². The summed E-state index contributed by atoms with van der Waals surface area (Å²) in [6.45, 7) is 8.55. The minimum Gasteiger partial charge on any atom is -0.383 e. The van der Waals surface area contributed by atoms with E-state index >= 15 is 0 Å². The number of benzene rings is 1. The lowest BCUT2D eigenvalue weighted by Crippen LogP contribution is -2.10. The van der Waals surface area contributed by atoms with Crippen LogP contribution >= 0.6 is 15.9 Å². The third kappa shape index (κ3) is 2.54. The summed E-state index contributed by atoms with van der Waals surface area (Å²) in [6, 6.07) is 8.35. The Kier molecular flexibility index (Phi) is 3.99. The topological polar surface area (TPSA) is 43.8 Å². The lowest BCUT2D eigenvalue weighted by Gasteiger charge is -2.15. The monoisotopic (exact) mass is 321 g/mol. The second-order valence-corrected chi connectivity index (χ2v) is 6.16. The molecule has 0 spiro atoms. The highest BCUT2D eigenvalue weighted by Crippen LogP contribution is 2.35. The Morgan fingerprint density at radius 1 is 1.16 bits per heavy atom. The van der Waals surface area contributed by atoms with Crippen LogP contribution < -0.4 is 5.73 Å². The molecule has 0 aliphatic heterocycles. The molecule has 0 aliphatic carbocycles. The highest BCUT2D eigenvalue weighted by Gasteiger charge is 2.20. The zero-order valence-corrected chi connectivity index (χ0v) is 13.4. The summed E-state index contributed by atoms with van der Waals surface area (Å²) in [5.41, 5.74) is 8.23. The van der Waals surface area contributed by atoms with Gasteiger partial charge in [0.1, 0.15) is 17.3 Å². The molecule has 0 amide bonds. The number of rotatable bonds is 3. The zero-order chi connectivity index (χ0) is 14.2. The van der Waals surface area contributed by atoms with E-state index in [4.69, 9.17) is 10.7 Å². The molecule has 102 valence electrons. The maximum Gasteiger partial charge on any atom is 0.132 e. The van der Waals surface area contributed by atoms with E-state index in [0.717, 1.165) is 27.4 Å². The van der Waals surface area contributed by atoms with Crippen molar-refractivity contribution < 1.29 is 0 Å². The number of halogens is 1. The van der Waals surface area contributed by atoms with Gasteiger partial charge in [0.2, 0.25) is 0 Å².